The van der Waals surface area contributed by atoms with Crippen LogP contribution in [0.1, 0.15) is 17.3 Å². The van der Waals surface area contributed by atoms with Gasteiger partial charge in [0.25, 0.3) is 0 Å². The zero-order valence-corrected chi connectivity index (χ0v) is 9.01. The first-order valence-corrected chi connectivity index (χ1v) is 4.50. The summed E-state index contributed by atoms with van der Waals surface area (Å²) in [6.45, 7) is 1.50. The number of ether oxygens (including phenoxy) is 1. The number of hydrogen-bond donors (Lipinski definition) is 1. The molecule has 0 unspecified atom stereocenters. The number of Topliss-reactive ketones (excluding diaryl/α,β-unsaturated/α-hetero) is 1. The van der Waals surface area contributed by atoms with Crippen LogP contribution in [0.2, 0.25) is 0 Å². The first-order chi connectivity index (χ1) is 6.07. The summed E-state index contributed by atoms with van der Waals surface area (Å²) >= 11 is 3.27. The molecule has 2 N–H and O–H groups in total. The summed E-state index contributed by atoms with van der Waals surface area (Å²) in [6.07, 6.45) is 0. The van der Waals surface area contributed by atoms with Gasteiger partial charge in [-0.05, 0) is 35.0 Å². The molecule has 0 saturated carbocycles. The standard InChI is InChI=1S/C9H10BrNO2/c1-5(12)6-3-4-7(11)9(13-2)8(6)10/h3-4H,11H2,1-2H3. The molecule has 0 saturated heterocycles. The third kappa shape index (κ3) is 1.83. The first kappa shape index (κ1) is 10.1. The lowest BCUT2D eigenvalue weighted by Crippen LogP contribution is -1.99. The predicted octanol–water partition coefficient (Wildman–Crippen LogP) is 2.24. The average molecular weight is 244 g/mol. The summed E-state index contributed by atoms with van der Waals surface area (Å²) in [4.78, 5) is 11.1. The molecule has 1 rings (SSSR count). The maximum absolute atomic E-state index is 11.1. The van der Waals surface area contributed by atoms with Crippen molar-refractivity contribution in [2.24, 2.45) is 0 Å². The van der Waals surface area contributed by atoms with E-state index in [0.717, 1.165) is 0 Å². The van der Waals surface area contributed by atoms with Crippen molar-refractivity contribution in [1.29, 1.82) is 0 Å². The van der Waals surface area contributed by atoms with Gasteiger partial charge in [0.1, 0.15) is 0 Å². The molecule has 0 spiro atoms. The van der Waals surface area contributed by atoms with Gasteiger partial charge >= 0.3 is 0 Å². The van der Waals surface area contributed by atoms with Crippen LogP contribution in [0, 0.1) is 0 Å². The van der Waals surface area contributed by atoms with Crippen LogP contribution in [-0.2, 0) is 0 Å². The van der Waals surface area contributed by atoms with Crippen LogP contribution < -0.4 is 10.5 Å². The number of carbonyl (C=O) groups excluding carboxylic acids is 1. The van der Waals surface area contributed by atoms with Gasteiger partial charge < -0.3 is 10.5 Å². The number of carbonyl (C=O) groups is 1. The monoisotopic (exact) mass is 243 g/mol. The lowest BCUT2D eigenvalue weighted by atomic mass is 10.1. The highest BCUT2D eigenvalue weighted by atomic mass is 79.9. The summed E-state index contributed by atoms with van der Waals surface area (Å²) < 4.78 is 5.66. The number of benzene rings is 1. The van der Waals surface area contributed by atoms with Gasteiger partial charge in [0.05, 0.1) is 17.3 Å². The minimum Gasteiger partial charge on any atom is -0.493 e. The summed E-state index contributed by atoms with van der Waals surface area (Å²) in [5.74, 6) is 0.484. The Labute approximate surface area is 85.0 Å². The third-order valence-electron chi connectivity index (χ3n) is 1.71. The second kappa shape index (κ2) is 3.79. The largest absolute Gasteiger partial charge is 0.493 e. The van der Waals surface area contributed by atoms with Crippen molar-refractivity contribution in [3.8, 4) is 5.75 Å². The molecular formula is C9H10BrNO2. The van der Waals surface area contributed by atoms with Crippen LogP contribution in [0.15, 0.2) is 16.6 Å². The Morgan fingerprint density at radius 1 is 1.54 bits per heavy atom. The van der Waals surface area contributed by atoms with E-state index in [-0.39, 0.29) is 5.78 Å². The number of rotatable bonds is 2. The second-order valence-corrected chi connectivity index (χ2v) is 3.40. The van der Waals surface area contributed by atoms with E-state index < -0.39 is 0 Å². The summed E-state index contributed by atoms with van der Waals surface area (Å²) in [6, 6.07) is 3.32. The van der Waals surface area contributed by atoms with Gasteiger partial charge in [0.15, 0.2) is 11.5 Å². The van der Waals surface area contributed by atoms with E-state index in [1.807, 2.05) is 0 Å². The molecule has 0 fully saturated rings. The highest BCUT2D eigenvalue weighted by molar-refractivity contribution is 9.10. The molecule has 0 aliphatic carbocycles. The van der Waals surface area contributed by atoms with Crippen molar-refractivity contribution in [2.75, 3.05) is 12.8 Å². The molecule has 4 heteroatoms. The predicted molar refractivity (Wildman–Crippen MR) is 55.1 cm³/mol. The molecule has 13 heavy (non-hydrogen) atoms. The summed E-state index contributed by atoms with van der Waals surface area (Å²) in [5.41, 5.74) is 6.72. The molecule has 0 bridgehead atoms. The van der Waals surface area contributed by atoms with E-state index in [9.17, 15) is 4.79 Å². The molecule has 0 aromatic heterocycles. The SMILES string of the molecule is COc1c(N)ccc(C(C)=O)c1Br. The fraction of sp³-hybridized carbons (Fsp3) is 0.222. The van der Waals surface area contributed by atoms with Crippen LogP contribution in [-0.4, -0.2) is 12.9 Å². The molecule has 0 heterocycles. The fourth-order valence-electron chi connectivity index (χ4n) is 1.05. The van der Waals surface area contributed by atoms with Gasteiger partial charge in [-0.2, -0.15) is 0 Å². The Morgan fingerprint density at radius 2 is 2.15 bits per heavy atom. The van der Waals surface area contributed by atoms with Crippen molar-refractivity contribution in [1.82, 2.24) is 0 Å². The van der Waals surface area contributed by atoms with E-state index in [0.29, 0.717) is 21.5 Å². The van der Waals surface area contributed by atoms with Crippen molar-refractivity contribution in [2.45, 2.75) is 6.92 Å². The van der Waals surface area contributed by atoms with E-state index >= 15 is 0 Å². The molecule has 0 aliphatic heterocycles. The molecule has 0 radical (unpaired) electrons. The van der Waals surface area contributed by atoms with E-state index in [1.165, 1.54) is 14.0 Å². The van der Waals surface area contributed by atoms with Crippen LogP contribution in [0.3, 0.4) is 0 Å². The quantitative estimate of drug-likeness (QED) is 0.641. The van der Waals surface area contributed by atoms with Gasteiger partial charge in [-0.3, -0.25) is 4.79 Å². The van der Waals surface area contributed by atoms with Crippen molar-refractivity contribution >= 4 is 27.4 Å². The second-order valence-electron chi connectivity index (χ2n) is 2.61. The lowest BCUT2D eigenvalue weighted by Gasteiger charge is -2.09. The molecule has 0 atom stereocenters. The molecule has 0 aliphatic rings. The Morgan fingerprint density at radius 3 is 2.62 bits per heavy atom. The van der Waals surface area contributed by atoms with Crippen molar-refractivity contribution < 1.29 is 9.53 Å². The van der Waals surface area contributed by atoms with Crippen LogP contribution in [0.5, 0.6) is 5.75 Å². The number of methoxy groups -OCH3 is 1. The Balaban J connectivity index is 3.35. The Bertz CT molecular complexity index is 350. The maximum atomic E-state index is 11.1. The number of nitrogen functional groups attached to an aromatic ring is 1. The number of halogens is 1. The first-order valence-electron chi connectivity index (χ1n) is 3.70. The molecular weight excluding hydrogens is 234 g/mol. The zero-order chi connectivity index (χ0) is 10.0. The van der Waals surface area contributed by atoms with Crippen LogP contribution in [0.25, 0.3) is 0 Å². The lowest BCUT2D eigenvalue weighted by molar-refractivity contribution is 0.101. The zero-order valence-electron chi connectivity index (χ0n) is 7.43. The molecule has 70 valence electrons. The summed E-state index contributed by atoms with van der Waals surface area (Å²) in [5, 5.41) is 0. The summed E-state index contributed by atoms with van der Waals surface area (Å²) in [7, 11) is 1.51. The number of nitrogens with two attached hydrogens (primary N) is 1. The van der Waals surface area contributed by atoms with Crippen molar-refractivity contribution in [3.05, 3.63) is 22.2 Å². The number of hydrogen-bond acceptors (Lipinski definition) is 3. The van der Waals surface area contributed by atoms with Gasteiger partial charge in [0, 0.05) is 5.56 Å². The Kier molecular flexibility index (Phi) is 2.93. The Hall–Kier alpha value is -1.03. The highest BCUT2D eigenvalue weighted by Gasteiger charge is 2.12. The molecule has 1 aromatic carbocycles. The topological polar surface area (TPSA) is 52.3 Å². The van der Waals surface area contributed by atoms with Gasteiger partial charge in [-0.25, -0.2) is 0 Å². The molecule has 1 aromatic rings. The molecule has 3 nitrogen and oxygen atoms in total. The molecule has 0 amide bonds. The van der Waals surface area contributed by atoms with Crippen LogP contribution in [0.4, 0.5) is 5.69 Å². The van der Waals surface area contributed by atoms with E-state index in [2.05, 4.69) is 15.9 Å². The average Bonchev–Trinajstić information content (AvgIpc) is 2.04. The van der Waals surface area contributed by atoms with Crippen molar-refractivity contribution in [3.63, 3.8) is 0 Å². The number of anilines is 1. The minimum atomic E-state index is -0.0230. The maximum Gasteiger partial charge on any atom is 0.161 e. The van der Waals surface area contributed by atoms with E-state index in [1.54, 1.807) is 12.1 Å². The number of ketones is 1. The highest BCUT2D eigenvalue weighted by Crippen LogP contribution is 2.34. The van der Waals surface area contributed by atoms with Gasteiger partial charge in [0.2, 0.25) is 0 Å². The van der Waals surface area contributed by atoms with Gasteiger partial charge in [-0.1, -0.05) is 0 Å². The fourth-order valence-corrected chi connectivity index (χ4v) is 1.85. The van der Waals surface area contributed by atoms with Gasteiger partial charge in [-0.15, -0.1) is 0 Å². The minimum absolute atomic E-state index is 0.0230. The normalized spacial score (nSPS) is 9.77. The van der Waals surface area contributed by atoms with Crippen LogP contribution >= 0.6 is 15.9 Å². The smallest absolute Gasteiger partial charge is 0.161 e. The third-order valence-corrected chi connectivity index (χ3v) is 2.50. The van der Waals surface area contributed by atoms with E-state index in [4.69, 9.17) is 10.5 Å².